The van der Waals surface area contributed by atoms with Crippen molar-refractivity contribution in [1.29, 1.82) is 0 Å². The Kier molecular flexibility index (Phi) is 5.71. The van der Waals surface area contributed by atoms with E-state index in [0.717, 1.165) is 4.34 Å². The Labute approximate surface area is 139 Å². The van der Waals surface area contributed by atoms with E-state index in [0.29, 0.717) is 16.7 Å². The van der Waals surface area contributed by atoms with Gasteiger partial charge < -0.3 is 0 Å². The first-order valence-corrected chi connectivity index (χ1v) is 9.10. The van der Waals surface area contributed by atoms with Crippen molar-refractivity contribution >= 4 is 38.9 Å². The highest BCUT2D eigenvalue weighted by atomic mass is 79.9. The third-order valence-electron chi connectivity index (χ3n) is 3.90. The average molecular weight is 372 g/mol. The van der Waals surface area contributed by atoms with Gasteiger partial charge in [0.1, 0.15) is 0 Å². The van der Waals surface area contributed by atoms with Crippen molar-refractivity contribution in [1.82, 2.24) is 0 Å². The summed E-state index contributed by atoms with van der Waals surface area (Å²) in [5.74, 6) is 1.08. The molecule has 108 valence electrons. The first kappa shape index (κ1) is 16.1. The van der Waals surface area contributed by atoms with Gasteiger partial charge in [0.15, 0.2) is 0 Å². The number of hydrogen-bond donors (Lipinski definition) is 0. The van der Waals surface area contributed by atoms with Crippen LogP contribution in [0.5, 0.6) is 0 Å². The van der Waals surface area contributed by atoms with Crippen molar-refractivity contribution in [2.24, 2.45) is 5.92 Å². The average Bonchev–Trinajstić information content (AvgIpc) is 2.80. The standard InChI is InChI=1S/C17H20BrClS/c1-4-11(2)15(13-8-6-5-7-9-13)16(18)14-10-12(3)17(19)20-14/h5-11,15-16H,4H2,1-3H3. The van der Waals surface area contributed by atoms with Crippen molar-refractivity contribution in [2.45, 2.75) is 37.9 Å². The normalized spacial score (nSPS) is 15.8. The van der Waals surface area contributed by atoms with E-state index >= 15 is 0 Å². The minimum atomic E-state index is 0.316. The zero-order chi connectivity index (χ0) is 14.7. The molecule has 3 atom stereocenters. The van der Waals surface area contributed by atoms with Crippen LogP contribution < -0.4 is 0 Å². The second-order valence-electron chi connectivity index (χ2n) is 5.33. The van der Waals surface area contributed by atoms with Gasteiger partial charge in [-0.05, 0) is 30.0 Å². The molecule has 0 aliphatic heterocycles. The number of hydrogen-bond acceptors (Lipinski definition) is 1. The molecule has 1 aromatic carbocycles. The smallest absolute Gasteiger partial charge is 0.0960 e. The summed E-state index contributed by atoms with van der Waals surface area (Å²) in [6.07, 6.45) is 1.17. The summed E-state index contributed by atoms with van der Waals surface area (Å²) in [5.41, 5.74) is 2.57. The topological polar surface area (TPSA) is 0 Å². The van der Waals surface area contributed by atoms with E-state index < -0.39 is 0 Å². The van der Waals surface area contributed by atoms with Gasteiger partial charge in [0.05, 0.1) is 9.16 Å². The lowest BCUT2D eigenvalue weighted by Gasteiger charge is -2.28. The lowest BCUT2D eigenvalue weighted by molar-refractivity contribution is 0.442. The van der Waals surface area contributed by atoms with Crippen LogP contribution in [0.2, 0.25) is 4.34 Å². The Morgan fingerprint density at radius 3 is 2.40 bits per heavy atom. The minimum Gasteiger partial charge on any atom is -0.127 e. The van der Waals surface area contributed by atoms with Gasteiger partial charge in [-0.25, -0.2) is 0 Å². The number of rotatable bonds is 5. The van der Waals surface area contributed by atoms with Crippen molar-refractivity contribution in [3.8, 4) is 0 Å². The molecule has 3 heteroatoms. The summed E-state index contributed by atoms with van der Waals surface area (Å²) in [5, 5.41) is 0. The summed E-state index contributed by atoms with van der Waals surface area (Å²) in [6.45, 7) is 6.66. The van der Waals surface area contributed by atoms with E-state index in [1.807, 2.05) is 0 Å². The number of thiophene rings is 1. The van der Waals surface area contributed by atoms with E-state index in [-0.39, 0.29) is 0 Å². The Hall–Kier alpha value is -0.310. The van der Waals surface area contributed by atoms with Crippen LogP contribution in [0.4, 0.5) is 0 Å². The minimum absolute atomic E-state index is 0.316. The highest BCUT2D eigenvalue weighted by Gasteiger charge is 2.28. The zero-order valence-electron chi connectivity index (χ0n) is 12.1. The molecule has 0 spiro atoms. The summed E-state index contributed by atoms with van der Waals surface area (Å²) in [6, 6.07) is 13.0. The van der Waals surface area contributed by atoms with E-state index in [2.05, 4.69) is 73.1 Å². The maximum absolute atomic E-state index is 6.24. The monoisotopic (exact) mass is 370 g/mol. The molecule has 1 heterocycles. The van der Waals surface area contributed by atoms with Crippen LogP contribution in [0.25, 0.3) is 0 Å². The molecule has 0 aliphatic rings. The third-order valence-corrected chi connectivity index (χ3v) is 6.91. The molecule has 20 heavy (non-hydrogen) atoms. The highest BCUT2D eigenvalue weighted by Crippen LogP contribution is 2.47. The van der Waals surface area contributed by atoms with E-state index in [1.165, 1.54) is 22.4 Å². The Morgan fingerprint density at radius 1 is 1.25 bits per heavy atom. The van der Waals surface area contributed by atoms with Crippen LogP contribution >= 0.6 is 38.9 Å². The third kappa shape index (κ3) is 3.47. The molecule has 0 bridgehead atoms. The Balaban J connectivity index is 2.36. The van der Waals surface area contributed by atoms with Gasteiger partial charge in [-0.3, -0.25) is 0 Å². The molecule has 0 saturated heterocycles. The number of aryl methyl sites for hydroxylation is 1. The van der Waals surface area contributed by atoms with E-state index in [4.69, 9.17) is 11.6 Å². The van der Waals surface area contributed by atoms with Crippen molar-refractivity contribution in [3.63, 3.8) is 0 Å². The fourth-order valence-electron chi connectivity index (χ4n) is 2.51. The molecule has 0 aliphatic carbocycles. The largest absolute Gasteiger partial charge is 0.127 e. The van der Waals surface area contributed by atoms with Gasteiger partial charge in [0, 0.05) is 10.8 Å². The van der Waals surface area contributed by atoms with Gasteiger partial charge in [-0.2, -0.15) is 0 Å². The fraction of sp³-hybridized carbons (Fsp3) is 0.412. The lowest BCUT2D eigenvalue weighted by Crippen LogP contribution is -2.14. The molecule has 0 nitrogen and oxygen atoms in total. The van der Waals surface area contributed by atoms with Gasteiger partial charge in [0.2, 0.25) is 0 Å². The molecule has 2 aromatic rings. The summed E-state index contributed by atoms with van der Waals surface area (Å²) in [4.78, 5) is 1.64. The number of halogens is 2. The molecule has 1 aromatic heterocycles. The quantitative estimate of drug-likeness (QED) is 0.497. The molecular weight excluding hydrogens is 352 g/mol. The fourth-order valence-corrected chi connectivity index (χ4v) is 4.99. The molecular formula is C17H20BrClS. The van der Waals surface area contributed by atoms with Gasteiger partial charge >= 0.3 is 0 Å². The van der Waals surface area contributed by atoms with Crippen LogP contribution in [-0.4, -0.2) is 0 Å². The van der Waals surface area contributed by atoms with E-state index in [1.54, 1.807) is 11.3 Å². The SMILES string of the molecule is CCC(C)C(c1ccccc1)C(Br)c1cc(C)c(Cl)s1. The maximum atomic E-state index is 6.24. The molecule has 2 rings (SSSR count). The molecule has 0 N–H and O–H groups in total. The van der Waals surface area contributed by atoms with Crippen LogP contribution in [-0.2, 0) is 0 Å². The molecule has 3 unspecified atom stereocenters. The first-order valence-electron chi connectivity index (χ1n) is 6.99. The second-order valence-corrected chi connectivity index (χ2v) is 8.00. The maximum Gasteiger partial charge on any atom is 0.0960 e. The molecule has 0 saturated carbocycles. The lowest BCUT2D eigenvalue weighted by atomic mass is 9.82. The number of alkyl halides is 1. The van der Waals surface area contributed by atoms with Crippen LogP contribution in [0.15, 0.2) is 36.4 Å². The highest BCUT2D eigenvalue weighted by molar-refractivity contribution is 9.09. The van der Waals surface area contributed by atoms with Gasteiger partial charge in [0.25, 0.3) is 0 Å². The zero-order valence-corrected chi connectivity index (χ0v) is 15.2. The van der Waals surface area contributed by atoms with Crippen LogP contribution in [0.3, 0.4) is 0 Å². The van der Waals surface area contributed by atoms with Gasteiger partial charge in [-0.15, -0.1) is 11.3 Å². The summed E-state index contributed by atoms with van der Waals surface area (Å²) < 4.78 is 0.903. The Bertz CT molecular complexity index is 530. The van der Waals surface area contributed by atoms with Crippen molar-refractivity contribution in [3.05, 3.63) is 56.7 Å². The van der Waals surface area contributed by atoms with Crippen LogP contribution in [0, 0.1) is 12.8 Å². The van der Waals surface area contributed by atoms with Crippen LogP contribution in [0.1, 0.15) is 47.0 Å². The predicted octanol–water partition coefficient (Wildman–Crippen LogP) is 6.98. The molecule has 0 fully saturated rings. The first-order chi connectivity index (χ1) is 9.54. The molecule has 0 radical (unpaired) electrons. The summed E-state index contributed by atoms with van der Waals surface area (Å²) in [7, 11) is 0. The Morgan fingerprint density at radius 2 is 1.90 bits per heavy atom. The second kappa shape index (κ2) is 7.11. The number of benzene rings is 1. The predicted molar refractivity (Wildman–Crippen MR) is 94.4 cm³/mol. The van der Waals surface area contributed by atoms with Gasteiger partial charge in [-0.1, -0.05) is 78.1 Å². The van der Waals surface area contributed by atoms with Crippen molar-refractivity contribution < 1.29 is 0 Å². The van der Waals surface area contributed by atoms with Crippen molar-refractivity contribution in [2.75, 3.05) is 0 Å². The molecule has 0 amide bonds. The summed E-state index contributed by atoms with van der Waals surface area (Å²) >= 11 is 11.9. The van der Waals surface area contributed by atoms with E-state index in [9.17, 15) is 0 Å².